The van der Waals surface area contributed by atoms with Gasteiger partial charge in [-0.15, -0.1) is 11.6 Å². The summed E-state index contributed by atoms with van der Waals surface area (Å²) in [5.74, 6) is 0.406. The Kier molecular flexibility index (Phi) is 3.83. The normalized spacial score (nSPS) is 10.2. The highest BCUT2D eigenvalue weighted by Crippen LogP contribution is 2.22. The van der Waals surface area contributed by atoms with Crippen LogP contribution in [0.5, 0.6) is 0 Å². The van der Waals surface area contributed by atoms with E-state index >= 15 is 0 Å². The van der Waals surface area contributed by atoms with Crippen LogP contribution in [-0.2, 0) is 0 Å². The van der Waals surface area contributed by atoms with E-state index in [-0.39, 0.29) is 6.03 Å². The van der Waals surface area contributed by atoms with Crippen LogP contribution in [0.4, 0.5) is 10.5 Å². The first-order chi connectivity index (χ1) is 8.31. The molecule has 0 spiro atoms. The van der Waals surface area contributed by atoms with Crippen LogP contribution in [0.2, 0.25) is 0 Å². The summed E-state index contributed by atoms with van der Waals surface area (Å²) < 4.78 is 0. The minimum atomic E-state index is -0.234. The lowest BCUT2D eigenvalue weighted by molar-refractivity contribution is 0.252. The second-order valence-corrected chi connectivity index (χ2v) is 3.97. The Labute approximate surface area is 105 Å². The van der Waals surface area contributed by atoms with Gasteiger partial charge in [0.05, 0.1) is 5.69 Å². The number of nitrogens with one attached hydrogen (secondary N) is 2. The fourth-order valence-corrected chi connectivity index (χ4v) is 1.76. The number of rotatable bonds is 3. The Morgan fingerprint density at radius 1 is 1.12 bits per heavy atom. The quantitative estimate of drug-likeness (QED) is 0.805. The molecule has 0 heterocycles. The molecule has 0 unspecified atom stereocenters. The summed E-state index contributed by atoms with van der Waals surface area (Å²) in [6, 6.07) is 13.5. The highest BCUT2D eigenvalue weighted by Gasteiger charge is 2.03. The maximum Gasteiger partial charge on any atom is 0.319 e. The van der Waals surface area contributed by atoms with Gasteiger partial charge in [0.25, 0.3) is 0 Å². The Balaban J connectivity index is 2.21. The van der Waals surface area contributed by atoms with Crippen LogP contribution >= 0.6 is 11.6 Å². The van der Waals surface area contributed by atoms with Crippen LogP contribution in [0.3, 0.4) is 0 Å². The molecule has 3 nitrogen and oxygen atoms in total. The van der Waals surface area contributed by atoms with Crippen molar-refractivity contribution in [1.82, 2.24) is 5.32 Å². The van der Waals surface area contributed by atoms with Gasteiger partial charge >= 0.3 is 6.03 Å². The van der Waals surface area contributed by atoms with Crippen LogP contribution < -0.4 is 10.6 Å². The molecule has 0 aliphatic heterocycles. The highest BCUT2D eigenvalue weighted by molar-refractivity contribution is 6.18. The van der Waals surface area contributed by atoms with E-state index in [1.165, 1.54) is 0 Å². The van der Waals surface area contributed by atoms with Crippen LogP contribution in [0, 0.1) is 0 Å². The average Bonchev–Trinajstić information content (AvgIpc) is 2.37. The number of hydrogen-bond acceptors (Lipinski definition) is 1. The second-order valence-electron chi connectivity index (χ2n) is 3.60. The van der Waals surface area contributed by atoms with E-state index in [1.807, 2.05) is 42.5 Å². The summed E-state index contributed by atoms with van der Waals surface area (Å²) in [6.45, 7) is 0.457. The Bertz CT molecular complexity index is 522. The predicted octanol–water partition coefficient (Wildman–Crippen LogP) is 3.20. The fourth-order valence-electron chi connectivity index (χ4n) is 1.66. The molecule has 0 aromatic heterocycles. The molecule has 4 heteroatoms. The van der Waals surface area contributed by atoms with Gasteiger partial charge in [-0.3, -0.25) is 0 Å². The topological polar surface area (TPSA) is 41.1 Å². The summed E-state index contributed by atoms with van der Waals surface area (Å²) in [5.41, 5.74) is 0.801. The zero-order valence-corrected chi connectivity index (χ0v) is 10.00. The van der Waals surface area contributed by atoms with Crippen LogP contribution in [0.15, 0.2) is 42.5 Å². The minimum absolute atomic E-state index is 0.234. The summed E-state index contributed by atoms with van der Waals surface area (Å²) in [6.07, 6.45) is 0. The third kappa shape index (κ3) is 2.88. The molecule has 0 saturated carbocycles. The minimum Gasteiger partial charge on any atom is -0.337 e. The molecule has 2 amide bonds. The molecule has 0 bridgehead atoms. The molecule has 2 aromatic rings. The van der Waals surface area contributed by atoms with E-state index < -0.39 is 0 Å². The number of halogens is 1. The highest BCUT2D eigenvalue weighted by atomic mass is 35.5. The van der Waals surface area contributed by atoms with E-state index in [4.69, 9.17) is 11.6 Å². The lowest BCUT2D eigenvalue weighted by atomic mass is 10.1. The van der Waals surface area contributed by atoms with Gasteiger partial charge in [-0.05, 0) is 11.5 Å². The molecule has 17 heavy (non-hydrogen) atoms. The smallest absolute Gasteiger partial charge is 0.319 e. The SMILES string of the molecule is O=C(NCCCl)Nc1cccc2ccccc12. The standard InChI is InChI=1S/C13H13ClN2O/c14-8-9-15-13(17)16-12-7-3-5-10-4-1-2-6-11(10)12/h1-7H,8-9H2,(H2,15,16,17). The number of fused-ring (bicyclic) bond motifs is 1. The van der Waals surface area contributed by atoms with Gasteiger partial charge in [-0.2, -0.15) is 0 Å². The average molecular weight is 249 g/mol. The number of benzene rings is 2. The third-order valence-electron chi connectivity index (χ3n) is 2.42. The van der Waals surface area contributed by atoms with Crippen LogP contribution in [0.25, 0.3) is 10.8 Å². The number of hydrogen-bond donors (Lipinski definition) is 2. The maximum absolute atomic E-state index is 11.5. The molecule has 2 aromatic carbocycles. The van der Waals surface area contributed by atoms with Gasteiger partial charge in [-0.25, -0.2) is 4.79 Å². The fraction of sp³-hybridized carbons (Fsp3) is 0.154. The zero-order chi connectivity index (χ0) is 12.1. The molecule has 88 valence electrons. The molecule has 0 atom stereocenters. The summed E-state index contributed by atoms with van der Waals surface area (Å²) in [4.78, 5) is 11.5. The van der Waals surface area contributed by atoms with E-state index in [9.17, 15) is 4.79 Å². The predicted molar refractivity (Wildman–Crippen MR) is 71.7 cm³/mol. The molecule has 0 radical (unpaired) electrons. The van der Waals surface area contributed by atoms with Gasteiger partial charge in [0, 0.05) is 17.8 Å². The summed E-state index contributed by atoms with van der Waals surface area (Å²) >= 11 is 5.50. The summed E-state index contributed by atoms with van der Waals surface area (Å²) in [5, 5.41) is 7.60. The molecule has 2 N–H and O–H groups in total. The molecule has 0 fully saturated rings. The lowest BCUT2D eigenvalue weighted by Crippen LogP contribution is -2.30. The Morgan fingerprint density at radius 3 is 2.71 bits per heavy atom. The second kappa shape index (κ2) is 5.55. The van der Waals surface area contributed by atoms with E-state index in [1.54, 1.807) is 0 Å². The van der Waals surface area contributed by atoms with Crippen molar-refractivity contribution in [2.45, 2.75) is 0 Å². The Morgan fingerprint density at radius 2 is 1.88 bits per heavy atom. The van der Waals surface area contributed by atoms with Crippen molar-refractivity contribution in [3.8, 4) is 0 Å². The largest absolute Gasteiger partial charge is 0.337 e. The number of carbonyl (C=O) groups is 1. The number of amides is 2. The van der Waals surface area contributed by atoms with Gasteiger partial charge in [0.15, 0.2) is 0 Å². The summed E-state index contributed by atoms with van der Waals surface area (Å²) in [7, 11) is 0. The first kappa shape index (κ1) is 11.7. The third-order valence-corrected chi connectivity index (χ3v) is 2.61. The van der Waals surface area contributed by atoms with Gasteiger partial charge in [-0.1, -0.05) is 36.4 Å². The van der Waals surface area contributed by atoms with Crippen molar-refractivity contribution >= 4 is 34.1 Å². The zero-order valence-electron chi connectivity index (χ0n) is 9.24. The van der Waals surface area contributed by atoms with Crippen LogP contribution in [0.1, 0.15) is 0 Å². The van der Waals surface area contributed by atoms with E-state index in [2.05, 4.69) is 10.6 Å². The number of anilines is 1. The van der Waals surface area contributed by atoms with Crippen molar-refractivity contribution in [1.29, 1.82) is 0 Å². The van der Waals surface area contributed by atoms with E-state index in [0.717, 1.165) is 16.5 Å². The molecular formula is C13H13ClN2O. The van der Waals surface area contributed by atoms with Gasteiger partial charge < -0.3 is 10.6 Å². The van der Waals surface area contributed by atoms with Crippen molar-refractivity contribution in [2.24, 2.45) is 0 Å². The molecular weight excluding hydrogens is 236 g/mol. The molecule has 0 aliphatic carbocycles. The Hall–Kier alpha value is -1.74. The molecule has 0 saturated heterocycles. The monoisotopic (exact) mass is 248 g/mol. The number of urea groups is 1. The van der Waals surface area contributed by atoms with Crippen molar-refractivity contribution in [3.05, 3.63) is 42.5 Å². The number of carbonyl (C=O) groups excluding carboxylic acids is 1. The molecule has 2 rings (SSSR count). The van der Waals surface area contributed by atoms with Gasteiger partial charge in [0.2, 0.25) is 0 Å². The van der Waals surface area contributed by atoms with Crippen molar-refractivity contribution in [3.63, 3.8) is 0 Å². The number of alkyl halides is 1. The first-order valence-electron chi connectivity index (χ1n) is 5.40. The van der Waals surface area contributed by atoms with E-state index in [0.29, 0.717) is 12.4 Å². The van der Waals surface area contributed by atoms with Crippen molar-refractivity contribution < 1.29 is 4.79 Å². The maximum atomic E-state index is 11.5. The molecule has 0 aliphatic rings. The van der Waals surface area contributed by atoms with Crippen molar-refractivity contribution in [2.75, 3.05) is 17.7 Å². The van der Waals surface area contributed by atoms with Crippen LogP contribution in [-0.4, -0.2) is 18.5 Å². The van der Waals surface area contributed by atoms with Gasteiger partial charge in [0.1, 0.15) is 0 Å². The first-order valence-corrected chi connectivity index (χ1v) is 5.93. The lowest BCUT2D eigenvalue weighted by Gasteiger charge is -2.09.